The summed E-state index contributed by atoms with van der Waals surface area (Å²) in [5, 5.41) is 13.2. The molecule has 180 valence electrons. The smallest absolute Gasteiger partial charge is 0.336 e. The fourth-order valence-corrected chi connectivity index (χ4v) is 3.82. The molecular formula is C23H30N2O8. The van der Waals surface area contributed by atoms with E-state index in [0.717, 1.165) is 12.8 Å². The van der Waals surface area contributed by atoms with Crippen LogP contribution in [0.5, 0.6) is 5.75 Å². The van der Waals surface area contributed by atoms with Crippen molar-refractivity contribution in [2.24, 2.45) is 0 Å². The molecule has 10 nitrogen and oxygen atoms in total. The summed E-state index contributed by atoms with van der Waals surface area (Å²) in [7, 11) is 2.50. The molecule has 0 fully saturated rings. The Labute approximate surface area is 192 Å². The van der Waals surface area contributed by atoms with Crippen molar-refractivity contribution in [2.45, 2.75) is 58.7 Å². The van der Waals surface area contributed by atoms with Crippen LogP contribution in [0.25, 0.3) is 0 Å². The van der Waals surface area contributed by atoms with Gasteiger partial charge in [0.25, 0.3) is 5.09 Å². The summed E-state index contributed by atoms with van der Waals surface area (Å²) in [6.07, 6.45) is 1.61. The molecule has 0 spiro atoms. The van der Waals surface area contributed by atoms with E-state index in [2.05, 4.69) is 5.32 Å². The van der Waals surface area contributed by atoms with E-state index in [-0.39, 0.29) is 16.9 Å². The Balaban J connectivity index is 2.59. The highest BCUT2D eigenvalue weighted by Crippen LogP contribution is 2.43. The van der Waals surface area contributed by atoms with Gasteiger partial charge in [-0.1, -0.05) is 38.0 Å². The molecule has 1 aliphatic rings. The number of methoxy groups -OCH3 is 2. The van der Waals surface area contributed by atoms with Crippen LogP contribution in [-0.4, -0.2) is 37.5 Å². The predicted molar refractivity (Wildman–Crippen MR) is 118 cm³/mol. The molecule has 1 aromatic carbocycles. The molecule has 0 saturated carbocycles. The largest absolute Gasteiger partial charge is 0.466 e. The summed E-state index contributed by atoms with van der Waals surface area (Å²) in [5.41, 5.74) is 1.88. The molecule has 0 aliphatic carbocycles. The molecule has 0 bridgehead atoms. The SMILES string of the molecule is CCCCCC(Oc1ccccc1C1C(C(=O)OC)=C(C)NC(C)=C1C(=O)OC)O[N+](=O)[O-]. The Bertz CT molecular complexity index is 916. The number of esters is 2. The van der Waals surface area contributed by atoms with Crippen molar-refractivity contribution in [1.29, 1.82) is 0 Å². The van der Waals surface area contributed by atoms with E-state index in [4.69, 9.17) is 19.0 Å². The number of rotatable bonds is 11. The van der Waals surface area contributed by atoms with Crippen LogP contribution < -0.4 is 10.1 Å². The molecule has 10 heteroatoms. The summed E-state index contributed by atoms with van der Waals surface area (Å²) in [5.74, 6) is -1.89. The molecule has 0 radical (unpaired) electrons. The highest BCUT2D eigenvalue weighted by atomic mass is 17.0. The van der Waals surface area contributed by atoms with Crippen molar-refractivity contribution in [1.82, 2.24) is 5.32 Å². The van der Waals surface area contributed by atoms with Crippen LogP contribution in [0.15, 0.2) is 46.8 Å². The van der Waals surface area contributed by atoms with E-state index in [1.165, 1.54) is 14.2 Å². The first kappa shape index (κ1) is 25.7. The number of carbonyl (C=O) groups is 2. The van der Waals surface area contributed by atoms with Crippen LogP contribution in [-0.2, 0) is 23.9 Å². The van der Waals surface area contributed by atoms with Crippen LogP contribution in [0.1, 0.15) is 57.9 Å². The van der Waals surface area contributed by atoms with Crippen molar-refractivity contribution >= 4 is 11.9 Å². The van der Waals surface area contributed by atoms with Crippen molar-refractivity contribution in [3.8, 4) is 5.75 Å². The summed E-state index contributed by atoms with van der Waals surface area (Å²) >= 11 is 0. The lowest BCUT2D eigenvalue weighted by molar-refractivity contribution is -0.778. The number of benzene rings is 1. The van der Waals surface area contributed by atoms with Gasteiger partial charge in [0.2, 0.25) is 6.29 Å². The highest BCUT2D eigenvalue weighted by molar-refractivity contribution is 6.00. The zero-order chi connectivity index (χ0) is 24.5. The van der Waals surface area contributed by atoms with Gasteiger partial charge in [-0.3, -0.25) is 4.84 Å². The van der Waals surface area contributed by atoms with Gasteiger partial charge in [0, 0.05) is 23.4 Å². The maximum atomic E-state index is 12.7. The number of nitrogens with zero attached hydrogens (tertiary/aromatic N) is 1. The van der Waals surface area contributed by atoms with Gasteiger partial charge < -0.3 is 19.5 Å². The number of hydrogen-bond acceptors (Lipinski definition) is 9. The molecule has 0 saturated heterocycles. The molecule has 1 heterocycles. The van der Waals surface area contributed by atoms with Crippen LogP contribution in [0.3, 0.4) is 0 Å². The van der Waals surface area contributed by atoms with Gasteiger partial charge in [-0.25, -0.2) is 9.59 Å². The molecule has 1 atom stereocenters. The minimum absolute atomic E-state index is 0.206. The first-order valence-electron chi connectivity index (χ1n) is 10.7. The van der Waals surface area contributed by atoms with E-state index in [0.29, 0.717) is 29.8 Å². The van der Waals surface area contributed by atoms with Crippen molar-refractivity contribution in [3.05, 3.63) is 62.5 Å². The third kappa shape index (κ3) is 6.24. The number of para-hydroxylation sites is 1. The Morgan fingerprint density at radius 1 is 1.06 bits per heavy atom. The highest BCUT2D eigenvalue weighted by Gasteiger charge is 2.39. The number of allylic oxidation sites excluding steroid dienone is 2. The van der Waals surface area contributed by atoms with Crippen molar-refractivity contribution in [3.63, 3.8) is 0 Å². The number of dihydropyridines is 1. The second kappa shape index (κ2) is 11.9. The summed E-state index contributed by atoms with van der Waals surface area (Å²) < 4.78 is 15.9. The summed E-state index contributed by atoms with van der Waals surface area (Å²) in [6.45, 7) is 5.41. The molecule has 1 aliphatic heterocycles. The lowest BCUT2D eigenvalue weighted by atomic mass is 9.80. The van der Waals surface area contributed by atoms with E-state index in [1.807, 2.05) is 6.92 Å². The van der Waals surface area contributed by atoms with Gasteiger partial charge in [-0.15, -0.1) is 10.1 Å². The standard InChI is InChI=1S/C23H30N2O8/c1-6-7-8-13-18(33-25(28)29)32-17-12-10-9-11-16(17)21-19(22(26)30-4)14(2)24-15(3)20(21)23(27)31-5/h9-12,18,21,24H,6-8,13H2,1-5H3. The summed E-state index contributed by atoms with van der Waals surface area (Å²) in [6, 6.07) is 6.71. The van der Waals surface area contributed by atoms with Crippen LogP contribution in [0.2, 0.25) is 0 Å². The fourth-order valence-electron chi connectivity index (χ4n) is 3.82. The van der Waals surface area contributed by atoms with Gasteiger partial charge in [-0.05, 0) is 26.3 Å². The second-order valence-corrected chi connectivity index (χ2v) is 7.53. The zero-order valence-electron chi connectivity index (χ0n) is 19.5. The summed E-state index contributed by atoms with van der Waals surface area (Å²) in [4.78, 5) is 41.2. The van der Waals surface area contributed by atoms with E-state index in [1.54, 1.807) is 38.1 Å². The first-order valence-corrected chi connectivity index (χ1v) is 10.7. The Morgan fingerprint density at radius 3 is 2.15 bits per heavy atom. The number of nitrogens with one attached hydrogen (secondary N) is 1. The maximum absolute atomic E-state index is 12.7. The molecule has 1 N–H and O–H groups in total. The number of ether oxygens (including phenoxy) is 3. The fraction of sp³-hybridized carbons (Fsp3) is 0.478. The maximum Gasteiger partial charge on any atom is 0.336 e. The molecule has 0 amide bonds. The van der Waals surface area contributed by atoms with E-state index < -0.39 is 29.2 Å². The molecule has 33 heavy (non-hydrogen) atoms. The zero-order valence-corrected chi connectivity index (χ0v) is 19.5. The van der Waals surface area contributed by atoms with Gasteiger partial charge in [0.15, 0.2) is 0 Å². The van der Waals surface area contributed by atoms with Crippen LogP contribution in [0.4, 0.5) is 0 Å². The van der Waals surface area contributed by atoms with Gasteiger partial charge >= 0.3 is 11.9 Å². The molecule has 1 aromatic rings. The Kier molecular flexibility index (Phi) is 9.26. The van der Waals surface area contributed by atoms with Gasteiger partial charge in [0.05, 0.1) is 31.3 Å². The first-order chi connectivity index (χ1) is 15.7. The monoisotopic (exact) mass is 462 g/mol. The topological polar surface area (TPSA) is 126 Å². The lowest BCUT2D eigenvalue weighted by Gasteiger charge is -2.31. The third-order valence-electron chi connectivity index (χ3n) is 5.31. The minimum atomic E-state index is -1.15. The normalized spacial score (nSPS) is 14.9. The van der Waals surface area contributed by atoms with Gasteiger partial charge in [-0.2, -0.15) is 0 Å². The number of hydrogen-bond donors (Lipinski definition) is 1. The van der Waals surface area contributed by atoms with Crippen molar-refractivity contribution in [2.75, 3.05) is 14.2 Å². The molecule has 0 aromatic heterocycles. The number of carbonyl (C=O) groups excluding carboxylic acids is 2. The number of unbranched alkanes of at least 4 members (excludes halogenated alkanes) is 2. The van der Waals surface area contributed by atoms with Crippen LogP contribution in [0, 0.1) is 10.1 Å². The lowest BCUT2D eigenvalue weighted by Crippen LogP contribution is -2.32. The Hall–Kier alpha value is -3.56. The average molecular weight is 462 g/mol. The second-order valence-electron chi connectivity index (χ2n) is 7.53. The van der Waals surface area contributed by atoms with Crippen LogP contribution >= 0.6 is 0 Å². The average Bonchev–Trinajstić information content (AvgIpc) is 2.77. The third-order valence-corrected chi connectivity index (χ3v) is 5.31. The quantitative estimate of drug-likeness (QED) is 0.172. The van der Waals surface area contributed by atoms with Crippen molar-refractivity contribution < 1.29 is 33.7 Å². The predicted octanol–water partition coefficient (Wildman–Crippen LogP) is 3.76. The molecule has 1 unspecified atom stereocenters. The van der Waals surface area contributed by atoms with Gasteiger partial charge in [0.1, 0.15) is 5.75 Å². The van der Waals surface area contributed by atoms with E-state index in [9.17, 15) is 19.7 Å². The molecular weight excluding hydrogens is 432 g/mol. The minimum Gasteiger partial charge on any atom is -0.466 e. The Morgan fingerprint density at radius 2 is 1.64 bits per heavy atom. The molecule has 2 rings (SSSR count). The van der Waals surface area contributed by atoms with E-state index >= 15 is 0 Å².